The summed E-state index contributed by atoms with van der Waals surface area (Å²) in [6.45, 7) is 6.99. The van der Waals surface area contributed by atoms with E-state index in [-0.39, 0.29) is 24.0 Å². The first-order valence-electron chi connectivity index (χ1n) is 8.01. The van der Waals surface area contributed by atoms with Crippen LogP contribution in [0.25, 0.3) is 0 Å². The van der Waals surface area contributed by atoms with E-state index in [1.54, 1.807) is 31.4 Å². The monoisotopic (exact) mass is 492 g/mol. The number of furan rings is 1. The van der Waals surface area contributed by atoms with Crippen LogP contribution in [0.15, 0.2) is 20.9 Å². The van der Waals surface area contributed by atoms with Crippen LogP contribution < -0.4 is 10.6 Å². The van der Waals surface area contributed by atoms with Gasteiger partial charge in [-0.15, -0.1) is 35.3 Å². The smallest absolute Gasteiger partial charge is 0.341 e. The number of ether oxygens (including phenoxy) is 1. The molecule has 0 aliphatic heterocycles. The van der Waals surface area contributed by atoms with Crippen LogP contribution in [0.3, 0.4) is 0 Å². The third-order valence-electron chi connectivity index (χ3n) is 3.60. The van der Waals surface area contributed by atoms with Crippen molar-refractivity contribution < 1.29 is 13.9 Å². The van der Waals surface area contributed by atoms with Gasteiger partial charge in [0.25, 0.3) is 0 Å². The normalized spacial score (nSPS) is 11.2. The minimum atomic E-state index is -0.403. The summed E-state index contributed by atoms with van der Waals surface area (Å²) in [5.74, 6) is 1.83. The molecule has 0 amide bonds. The van der Waals surface area contributed by atoms with Crippen molar-refractivity contribution in [2.24, 2.45) is 4.99 Å². The number of methoxy groups -OCH3 is 1. The number of nitrogens with zero attached hydrogens (tertiary/aromatic N) is 2. The van der Waals surface area contributed by atoms with Gasteiger partial charge in [0.15, 0.2) is 5.96 Å². The fraction of sp³-hybridized carbons (Fsp3) is 0.471. The van der Waals surface area contributed by atoms with Crippen LogP contribution in [0.5, 0.6) is 0 Å². The molecule has 0 saturated heterocycles. The summed E-state index contributed by atoms with van der Waals surface area (Å²) in [5.41, 5.74) is 1.54. The zero-order valence-corrected chi connectivity index (χ0v) is 18.7. The highest BCUT2D eigenvalue weighted by atomic mass is 127. The molecule has 0 spiro atoms. The number of hydrogen-bond donors (Lipinski definition) is 2. The maximum Gasteiger partial charge on any atom is 0.341 e. The molecule has 144 valence electrons. The van der Waals surface area contributed by atoms with Gasteiger partial charge in [0.05, 0.1) is 25.9 Å². The average Bonchev–Trinajstić information content (AvgIpc) is 3.21. The van der Waals surface area contributed by atoms with Gasteiger partial charge in [0.2, 0.25) is 0 Å². The lowest BCUT2D eigenvalue weighted by atomic mass is 10.2. The van der Waals surface area contributed by atoms with Gasteiger partial charge in [-0.25, -0.2) is 9.78 Å². The lowest BCUT2D eigenvalue weighted by Crippen LogP contribution is -2.36. The van der Waals surface area contributed by atoms with E-state index < -0.39 is 5.97 Å². The number of rotatable bonds is 6. The van der Waals surface area contributed by atoms with Crippen molar-refractivity contribution in [3.05, 3.63) is 39.2 Å². The summed E-state index contributed by atoms with van der Waals surface area (Å²) >= 11 is 1.63. The van der Waals surface area contributed by atoms with E-state index in [4.69, 9.17) is 9.15 Å². The molecule has 2 rings (SSSR count). The van der Waals surface area contributed by atoms with Crippen LogP contribution in [-0.4, -0.2) is 31.1 Å². The van der Waals surface area contributed by atoms with Gasteiger partial charge in [0.1, 0.15) is 22.1 Å². The molecule has 0 aromatic carbocycles. The van der Waals surface area contributed by atoms with Crippen molar-refractivity contribution in [1.29, 1.82) is 0 Å². The van der Waals surface area contributed by atoms with Gasteiger partial charge in [0, 0.05) is 12.4 Å². The second-order valence-corrected chi connectivity index (χ2v) is 6.72. The highest BCUT2D eigenvalue weighted by molar-refractivity contribution is 14.0. The van der Waals surface area contributed by atoms with Gasteiger partial charge < -0.3 is 19.8 Å². The number of guanidine groups is 1. The largest absolute Gasteiger partial charge is 0.465 e. The van der Waals surface area contributed by atoms with Crippen molar-refractivity contribution in [2.75, 3.05) is 14.2 Å². The maximum absolute atomic E-state index is 11.6. The number of aliphatic imine (C=N–C) groups is 1. The molecule has 0 fully saturated rings. The zero-order valence-electron chi connectivity index (χ0n) is 15.6. The number of halogens is 1. The number of carbonyl (C=O) groups is 1. The fourth-order valence-electron chi connectivity index (χ4n) is 2.17. The van der Waals surface area contributed by atoms with Crippen molar-refractivity contribution in [2.45, 2.75) is 39.8 Å². The summed E-state index contributed by atoms with van der Waals surface area (Å²) < 4.78 is 10.3. The van der Waals surface area contributed by atoms with E-state index in [9.17, 15) is 4.79 Å². The molecular weight excluding hydrogens is 467 g/mol. The summed E-state index contributed by atoms with van der Waals surface area (Å²) in [6.07, 6.45) is 0. The number of aromatic nitrogens is 1. The number of hydrogen-bond acceptors (Lipinski definition) is 6. The molecule has 0 saturated carbocycles. The van der Waals surface area contributed by atoms with Gasteiger partial charge in [-0.1, -0.05) is 13.8 Å². The van der Waals surface area contributed by atoms with E-state index in [1.807, 2.05) is 0 Å². The van der Waals surface area contributed by atoms with Crippen molar-refractivity contribution in [3.63, 3.8) is 0 Å². The number of thiazole rings is 1. The molecule has 9 heteroatoms. The number of carbonyl (C=O) groups excluding carboxylic acids is 1. The average molecular weight is 492 g/mol. The predicted molar refractivity (Wildman–Crippen MR) is 113 cm³/mol. The van der Waals surface area contributed by atoms with Crippen LogP contribution in [0.1, 0.15) is 52.3 Å². The summed E-state index contributed by atoms with van der Waals surface area (Å²) in [7, 11) is 3.05. The summed E-state index contributed by atoms with van der Waals surface area (Å²) in [4.78, 5) is 20.4. The van der Waals surface area contributed by atoms with Crippen LogP contribution in [-0.2, 0) is 17.8 Å². The molecule has 0 radical (unpaired) electrons. The van der Waals surface area contributed by atoms with Crippen LogP contribution in [0, 0.1) is 6.92 Å². The van der Waals surface area contributed by atoms with Gasteiger partial charge in [-0.2, -0.15) is 0 Å². The highest BCUT2D eigenvalue weighted by Gasteiger charge is 2.15. The SMILES string of the molecule is CN=C(NCc1cc(C(=O)OC)c(C)o1)NCc1nc(C(C)C)cs1.I. The molecule has 2 aromatic rings. The Hall–Kier alpha value is -1.62. The van der Waals surface area contributed by atoms with E-state index in [0.29, 0.717) is 42.1 Å². The molecule has 0 aliphatic carbocycles. The van der Waals surface area contributed by atoms with Gasteiger partial charge in [-0.3, -0.25) is 4.99 Å². The van der Waals surface area contributed by atoms with Gasteiger partial charge >= 0.3 is 5.97 Å². The van der Waals surface area contributed by atoms with Crippen molar-refractivity contribution in [1.82, 2.24) is 15.6 Å². The summed E-state index contributed by atoms with van der Waals surface area (Å²) in [6, 6.07) is 1.68. The predicted octanol–water partition coefficient (Wildman–Crippen LogP) is 3.44. The molecule has 26 heavy (non-hydrogen) atoms. The third kappa shape index (κ3) is 5.97. The van der Waals surface area contributed by atoms with Crippen molar-refractivity contribution >= 4 is 47.2 Å². The molecule has 2 N–H and O–H groups in total. The van der Waals surface area contributed by atoms with Crippen LogP contribution in [0.2, 0.25) is 0 Å². The first-order chi connectivity index (χ1) is 11.9. The summed E-state index contributed by atoms with van der Waals surface area (Å²) in [5, 5.41) is 9.46. The molecule has 0 aliphatic rings. The Morgan fingerprint density at radius 3 is 2.65 bits per heavy atom. The molecular formula is C17H25IN4O3S. The standard InChI is InChI=1S/C17H24N4O3S.HI/c1-10(2)14-9-25-15(21-14)8-20-17(18-4)19-7-12-6-13(11(3)24-12)16(22)23-5;/h6,9-10H,7-8H2,1-5H3,(H2,18,19,20);1H. The second kappa shape index (κ2) is 10.5. The number of esters is 1. The van der Waals surface area contributed by atoms with E-state index in [2.05, 4.69) is 39.8 Å². The molecule has 0 bridgehead atoms. The Labute approximate surface area is 174 Å². The fourth-order valence-corrected chi connectivity index (χ4v) is 3.06. The maximum atomic E-state index is 11.6. The molecule has 2 heterocycles. The highest BCUT2D eigenvalue weighted by Crippen LogP contribution is 2.17. The van der Waals surface area contributed by atoms with E-state index in [0.717, 1.165) is 10.7 Å². The number of nitrogens with one attached hydrogen (secondary N) is 2. The third-order valence-corrected chi connectivity index (χ3v) is 4.46. The first kappa shape index (κ1) is 22.4. The molecule has 7 nitrogen and oxygen atoms in total. The zero-order chi connectivity index (χ0) is 18.4. The Morgan fingerprint density at radius 1 is 1.38 bits per heavy atom. The quantitative estimate of drug-likeness (QED) is 0.278. The van der Waals surface area contributed by atoms with E-state index >= 15 is 0 Å². The number of aryl methyl sites for hydroxylation is 1. The minimum absolute atomic E-state index is 0. The lowest BCUT2D eigenvalue weighted by Gasteiger charge is -2.09. The first-order valence-corrected chi connectivity index (χ1v) is 8.89. The Morgan fingerprint density at radius 2 is 2.08 bits per heavy atom. The second-order valence-electron chi connectivity index (χ2n) is 5.77. The van der Waals surface area contributed by atoms with Crippen LogP contribution >= 0.6 is 35.3 Å². The Balaban J connectivity index is 0.00000338. The molecule has 0 atom stereocenters. The minimum Gasteiger partial charge on any atom is -0.465 e. The van der Waals surface area contributed by atoms with E-state index in [1.165, 1.54) is 7.11 Å². The van der Waals surface area contributed by atoms with Gasteiger partial charge in [-0.05, 0) is 18.9 Å². The molecule has 2 aromatic heterocycles. The molecule has 0 unspecified atom stereocenters. The van der Waals surface area contributed by atoms with Crippen LogP contribution in [0.4, 0.5) is 0 Å². The Kier molecular flexibility index (Phi) is 9.06. The Bertz CT molecular complexity index is 755. The van der Waals surface area contributed by atoms with Crippen molar-refractivity contribution in [3.8, 4) is 0 Å². The topological polar surface area (TPSA) is 88.8 Å². The lowest BCUT2D eigenvalue weighted by molar-refractivity contribution is 0.0599.